The van der Waals surface area contributed by atoms with Crippen LogP contribution in [-0.2, 0) is 6.54 Å². The average molecular weight is 383 g/mol. The Kier molecular flexibility index (Phi) is 5.93. The van der Waals surface area contributed by atoms with Crippen molar-refractivity contribution >= 4 is 17.1 Å². The van der Waals surface area contributed by atoms with E-state index < -0.39 is 6.09 Å². The second-order valence-electron chi connectivity index (χ2n) is 9.33. The third-order valence-corrected chi connectivity index (χ3v) is 5.51. The van der Waals surface area contributed by atoms with Crippen molar-refractivity contribution < 1.29 is 9.90 Å². The monoisotopic (exact) mass is 382 g/mol. The van der Waals surface area contributed by atoms with Gasteiger partial charge in [-0.15, -0.1) is 0 Å². The average Bonchev–Trinajstić information content (AvgIpc) is 3.02. The summed E-state index contributed by atoms with van der Waals surface area (Å²) in [4.78, 5) is 17.7. The van der Waals surface area contributed by atoms with Crippen LogP contribution in [0.25, 0.3) is 11.0 Å². The van der Waals surface area contributed by atoms with Gasteiger partial charge in [-0.1, -0.05) is 27.2 Å². The molecule has 1 N–H and O–H groups in total. The number of fused-ring (bicyclic) bond motifs is 1. The fourth-order valence-corrected chi connectivity index (χ4v) is 4.38. The van der Waals surface area contributed by atoms with Gasteiger partial charge in [-0.3, -0.25) is 0 Å². The highest BCUT2D eigenvalue weighted by molar-refractivity contribution is 5.76. The van der Waals surface area contributed by atoms with Crippen molar-refractivity contribution in [3.8, 4) is 6.07 Å². The van der Waals surface area contributed by atoms with Crippen LogP contribution in [0.4, 0.5) is 4.79 Å². The zero-order chi connectivity index (χ0) is 20.3. The van der Waals surface area contributed by atoms with Gasteiger partial charge < -0.3 is 14.6 Å². The predicted octanol–water partition coefficient (Wildman–Crippen LogP) is 4.74. The molecule has 1 saturated carbocycles. The molecule has 0 aliphatic heterocycles. The highest BCUT2D eigenvalue weighted by Gasteiger charge is 2.28. The smallest absolute Gasteiger partial charge is 0.407 e. The molecule has 0 radical (unpaired) electrons. The van der Waals surface area contributed by atoms with E-state index in [-0.39, 0.29) is 5.41 Å². The first-order valence-electron chi connectivity index (χ1n) is 10.1. The van der Waals surface area contributed by atoms with Gasteiger partial charge in [0.2, 0.25) is 0 Å². The van der Waals surface area contributed by atoms with Gasteiger partial charge in [0.05, 0.1) is 29.0 Å². The number of imidazole rings is 1. The van der Waals surface area contributed by atoms with Gasteiger partial charge in [0.15, 0.2) is 0 Å². The number of benzene rings is 1. The van der Waals surface area contributed by atoms with Gasteiger partial charge in [0, 0.05) is 19.6 Å². The second-order valence-corrected chi connectivity index (χ2v) is 9.33. The van der Waals surface area contributed by atoms with E-state index in [1.165, 1.54) is 0 Å². The summed E-state index contributed by atoms with van der Waals surface area (Å²) in [5.74, 6) is 0.911. The summed E-state index contributed by atoms with van der Waals surface area (Å²) in [5, 5.41) is 18.8. The Balaban J connectivity index is 1.67. The first kappa shape index (κ1) is 20.2. The lowest BCUT2D eigenvalue weighted by Gasteiger charge is -2.35. The minimum absolute atomic E-state index is 0.0410. The van der Waals surface area contributed by atoms with Gasteiger partial charge in [-0.25, -0.2) is 9.78 Å². The van der Waals surface area contributed by atoms with E-state index in [1.54, 1.807) is 11.0 Å². The van der Waals surface area contributed by atoms with Crippen molar-refractivity contribution in [2.24, 2.45) is 17.3 Å². The molecule has 0 saturated heterocycles. The quantitative estimate of drug-likeness (QED) is 0.809. The topological polar surface area (TPSA) is 82.2 Å². The fraction of sp³-hybridized carbons (Fsp3) is 0.591. The van der Waals surface area contributed by atoms with Crippen LogP contribution >= 0.6 is 0 Å². The maximum absolute atomic E-state index is 11.7. The number of hydrogen-bond acceptors (Lipinski definition) is 3. The maximum atomic E-state index is 11.7. The number of aromatic nitrogens is 2. The standard InChI is InChI=1S/C22H30N4O2/c1-22(2,3)14-25(21(27)28)12-17-5-4-6-18(9-17)13-26-15-24-19-8-7-16(11-23)10-20(19)26/h7-8,10,15,17-18H,4-6,9,12-14H2,1-3H3,(H,27,28). The van der Waals surface area contributed by atoms with Crippen molar-refractivity contribution in [3.05, 3.63) is 30.1 Å². The van der Waals surface area contributed by atoms with Crippen LogP contribution in [0.2, 0.25) is 0 Å². The molecule has 0 bridgehead atoms. The molecular formula is C22H30N4O2. The summed E-state index contributed by atoms with van der Waals surface area (Å²) in [6.45, 7) is 8.28. The molecule has 2 unspecified atom stereocenters. The zero-order valence-electron chi connectivity index (χ0n) is 17.1. The van der Waals surface area contributed by atoms with Gasteiger partial charge in [0.25, 0.3) is 0 Å². The Labute approximate surface area is 166 Å². The van der Waals surface area contributed by atoms with Crippen molar-refractivity contribution in [1.82, 2.24) is 14.5 Å². The van der Waals surface area contributed by atoms with Crippen LogP contribution in [-0.4, -0.2) is 38.7 Å². The third-order valence-electron chi connectivity index (χ3n) is 5.51. The second kappa shape index (κ2) is 8.22. The maximum Gasteiger partial charge on any atom is 0.407 e. The number of rotatable bonds is 5. The highest BCUT2D eigenvalue weighted by atomic mass is 16.4. The molecule has 1 aromatic heterocycles. The Morgan fingerprint density at radius 1 is 1.36 bits per heavy atom. The minimum atomic E-state index is -0.818. The van der Waals surface area contributed by atoms with E-state index >= 15 is 0 Å². The number of amides is 1. The van der Waals surface area contributed by atoms with Gasteiger partial charge >= 0.3 is 6.09 Å². The third kappa shape index (κ3) is 5.03. The lowest BCUT2D eigenvalue weighted by molar-refractivity contribution is 0.104. The Bertz CT molecular complexity index is 875. The minimum Gasteiger partial charge on any atom is -0.465 e. The number of hydrogen-bond donors (Lipinski definition) is 1. The largest absolute Gasteiger partial charge is 0.465 e. The summed E-state index contributed by atoms with van der Waals surface area (Å²) < 4.78 is 2.15. The Morgan fingerprint density at radius 3 is 2.79 bits per heavy atom. The molecule has 28 heavy (non-hydrogen) atoms. The normalized spacial score (nSPS) is 20.1. The molecule has 0 spiro atoms. The summed E-state index contributed by atoms with van der Waals surface area (Å²) in [5.41, 5.74) is 2.52. The molecule has 1 aromatic carbocycles. The summed E-state index contributed by atoms with van der Waals surface area (Å²) in [6, 6.07) is 7.79. The first-order chi connectivity index (χ1) is 13.2. The molecule has 1 amide bonds. The molecule has 1 fully saturated rings. The van der Waals surface area contributed by atoms with E-state index in [2.05, 4.69) is 36.4 Å². The fourth-order valence-electron chi connectivity index (χ4n) is 4.38. The molecule has 1 heterocycles. The van der Waals surface area contributed by atoms with Crippen LogP contribution in [0.1, 0.15) is 52.0 Å². The molecular weight excluding hydrogens is 352 g/mol. The van der Waals surface area contributed by atoms with E-state index in [0.29, 0.717) is 30.5 Å². The van der Waals surface area contributed by atoms with Crippen LogP contribution in [0, 0.1) is 28.6 Å². The van der Waals surface area contributed by atoms with Crippen molar-refractivity contribution in [3.63, 3.8) is 0 Å². The number of nitrogens with zero attached hydrogens (tertiary/aromatic N) is 4. The number of nitriles is 1. The first-order valence-corrected chi connectivity index (χ1v) is 10.1. The summed E-state index contributed by atoms with van der Waals surface area (Å²) in [6.07, 6.45) is 5.45. The molecule has 2 atom stereocenters. The molecule has 6 heteroatoms. The van der Waals surface area contributed by atoms with E-state index in [4.69, 9.17) is 5.26 Å². The molecule has 1 aliphatic carbocycles. The van der Waals surface area contributed by atoms with Crippen LogP contribution < -0.4 is 0 Å². The zero-order valence-corrected chi connectivity index (χ0v) is 17.1. The Morgan fingerprint density at radius 2 is 2.11 bits per heavy atom. The molecule has 2 aromatic rings. The predicted molar refractivity (Wildman–Crippen MR) is 109 cm³/mol. The number of carboxylic acid groups (broad SMARTS) is 1. The van der Waals surface area contributed by atoms with Crippen LogP contribution in [0.5, 0.6) is 0 Å². The lowest BCUT2D eigenvalue weighted by atomic mass is 9.81. The lowest BCUT2D eigenvalue weighted by Crippen LogP contribution is -2.41. The molecule has 6 nitrogen and oxygen atoms in total. The van der Waals surface area contributed by atoms with Crippen molar-refractivity contribution in [2.45, 2.75) is 53.0 Å². The van der Waals surface area contributed by atoms with E-state index in [0.717, 1.165) is 43.3 Å². The Hall–Kier alpha value is -2.55. The van der Waals surface area contributed by atoms with Crippen LogP contribution in [0.3, 0.4) is 0 Å². The molecule has 150 valence electrons. The molecule has 3 rings (SSSR count). The SMILES string of the molecule is CC(C)(C)CN(CC1CCCC(Cn2cnc3ccc(C#N)cc32)C1)C(=O)O. The highest BCUT2D eigenvalue weighted by Crippen LogP contribution is 2.32. The molecule has 1 aliphatic rings. The van der Waals surface area contributed by atoms with Crippen molar-refractivity contribution in [1.29, 1.82) is 5.26 Å². The van der Waals surface area contributed by atoms with Gasteiger partial charge in [-0.05, 0) is 54.7 Å². The van der Waals surface area contributed by atoms with E-state index in [9.17, 15) is 9.90 Å². The number of carbonyl (C=O) groups is 1. The van der Waals surface area contributed by atoms with Gasteiger partial charge in [-0.2, -0.15) is 5.26 Å². The van der Waals surface area contributed by atoms with E-state index in [1.807, 2.05) is 18.5 Å². The van der Waals surface area contributed by atoms with Crippen molar-refractivity contribution in [2.75, 3.05) is 13.1 Å². The van der Waals surface area contributed by atoms with Crippen LogP contribution in [0.15, 0.2) is 24.5 Å². The van der Waals surface area contributed by atoms with Gasteiger partial charge in [0.1, 0.15) is 0 Å². The summed E-state index contributed by atoms with van der Waals surface area (Å²) in [7, 11) is 0. The summed E-state index contributed by atoms with van der Waals surface area (Å²) >= 11 is 0.